The molecule has 0 radical (unpaired) electrons. The summed E-state index contributed by atoms with van der Waals surface area (Å²) in [5.74, 6) is 0.0977. The second-order valence-electron chi connectivity index (χ2n) is 6.45. The fraction of sp³-hybridized carbons (Fsp3) is 0.600. The first-order valence-corrected chi connectivity index (χ1v) is 9.42. The summed E-state index contributed by atoms with van der Waals surface area (Å²) in [6.45, 7) is 3.78. The molecule has 25 heavy (non-hydrogen) atoms. The maximum atomic E-state index is 12.4. The maximum absolute atomic E-state index is 12.4. The molecule has 1 saturated carbocycles. The van der Waals surface area contributed by atoms with Crippen molar-refractivity contribution >= 4 is 12.3 Å². The largest absolute Gasteiger partial charge is 0.320 e. The van der Waals surface area contributed by atoms with Crippen LogP contribution in [0.3, 0.4) is 0 Å². The van der Waals surface area contributed by atoms with Crippen molar-refractivity contribution in [2.45, 2.75) is 58.4 Å². The third-order valence-electron chi connectivity index (χ3n) is 4.39. The summed E-state index contributed by atoms with van der Waals surface area (Å²) < 4.78 is 0. The quantitative estimate of drug-likeness (QED) is 0.431. The average molecular weight is 348 g/mol. The number of hydrazine groups is 1. The molecule has 1 aliphatic carbocycles. The minimum absolute atomic E-state index is 0.0376. The molecule has 0 spiro atoms. The topological polar surface area (TPSA) is 61.4 Å². The summed E-state index contributed by atoms with van der Waals surface area (Å²) in [5, 5.41) is 4.51. The van der Waals surface area contributed by atoms with Gasteiger partial charge in [0.2, 0.25) is 12.3 Å². The summed E-state index contributed by atoms with van der Waals surface area (Å²) in [5.41, 5.74) is 3.55. The number of carbonyl (C=O) groups is 2. The van der Waals surface area contributed by atoms with Crippen molar-refractivity contribution in [3.05, 3.63) is 35.9 Å². The second kappa shape index (κ2) is 13.4. The maximum Gasteiger partial charge on any atom is 0.244 e. The van der Waals surface area contributed by atoms with Crippen LogP contribution >= 0.6 is 0 Å². The van der Waals surface area contributed by atoms with Crippen LogP contribution in [0.25, 0.3) is 0 Å². The van der Waals surface area contributed by atoms with Gasteiger partial charge in [-0.25, -0.2) is 5.01 Å². The zero-order valence-corrected chi connectivity index (χ0v) is 15.7. The summed E-state index contributed by atoms with van der Waals surface area (Å²) in [6, 6.07) is 9.70. The van der Waals surface area contributed by atoms with Crippen LogP contribution in [0, 0.1) is 5.92 Å². The minimum atomic E-state index is 0.0376. The third kappa shape index (κ3) is 8.68. The van der Waals surface area contributed by atoms with Gasteiger partial charge >= 0.3 is 0 Å². The highest BCUT2D eigenvalue weighted by atomic mass is 16.2. The van der Waals surface area contributed by atoms with E-state index in [1.165, 1.54) is 24.3 Å². The van der Waals surface area contributed by atoms with E-state index in [-0.39, 0.29) is 11.8 Å². The van der Waals surface area contributed by atoms with Gasteiger partial charge in [0.25, 0.3) is 0 Å². The lowest BCUT2D eigenvalue weighted by atomic mass is 9.88. The van der Waals surface area contributed by atoms with E-state index in [9.17, 15) is 9.59 Å². The van der Waals surface area contributed by atoms with Crippen LogP contribution in [-0.2, 0) is 16.1 Å². The number of unbranched alkanes of at least 4 members (excludes halogenated alkanes) is 1. The van der Waals surface area contributed by atoms with Gasteiger partial charge in [-0.15, -0.1) is 0 Å². The highest BCUT2D eigenvalue weighted by Crippen LogP contribution is 2.25. The van der Waals surface area contributed by atoms with Gasteiger partial charge in [-0.1, -0.05) is 62.9 Å². The zero-order valence-electron chi connectivity index (χ0n) is 15.7. The van der Waals surface area contributed by atoms with Gasteiger partial charge in [-0.3, -0.25) is 15.0 Å². The highest BCUT2D eigenvalue weighted by Gasteiger charge is 2.26. The molecule has 0 heterocycles. The van der Waals surface area contributed by atoms with E-state index in [0.717, 1.165) is 37.8 Å². The predicted octanol–water partition coefficient (Wildman–Crippen LogP) is 3.26. The normalized spacial score (nSPS) is 14.2. The van der Waals surface area contributed by atoms with Crippen LogP contribution in [-0.4, -0.2) is 30.9 Å². The molecule has 140 valence electrons. The molecular weight excluding hydrogens is 314 g/mol. The number of carbonyl (C=O) groups excluding carboxylic acids is 2. The fourth-order valence-electron chi connectivity index (χ4n) is 2.94. The van der Waals surface area contributed by atoms with Crippen LogP contribution in [0.2, 0.25) is 0 Å². The predicted molar refractivity (Wildman–Crippen MR) is 102 cm³/mol. The first-order chi connectivity index (χ1) is 12.2. The monoisotopic (exact) mass is 347 g/mol. The SMILES string of the molecule is CCCCNC.O=CNN(Cc1ccccc1)C(=O)C1CCCCC1. The van der Waals surface area contributed by atoms with Crippen molar-refractivity contribution in [3.63, 3.8) is 0 Å². The van der Waals surface area contributed by atoms with Crippen LogP contribution in [0.15, 0.2) is 30.3 Å². The Bertz CT molecular complexity index is 469. The van der Waals surface area contributed by atoms with Crippen molar-refractivity contribution in [2.24, 2.45) is 5.92 Å². The second-order valence-corrected chi connectivity index (χ2v) is 6.45. The minimum Gasteiger partial charge on any atom is -0.320 e. The third-order valence-corrected chi connectivity index (χ3v) is 4.39. The Kier molecular flexibility index (Phi) is 11.4. The molecule has 1 aliphatic rings. The van der Waals surface area contributed by atoms with Crippen molar-refractivity contribution in [3.8, 4) is 0 Å². The summed E-state index contributed by atoms with van der Waals surface area (Å²) in [6.07, 6.45) is 8.47. The van der Waals surface area contributed by atoms with Gasteiger partial charge in [0.1, 0.15) is 0 Å². The van der Waals surface area contributed by atoms with E-state index in [1.807, 2.05) is 37.4 Å². The summed E-state index contributed by atoms with van der Waals surface area (Å²) in [7, 11) is 1.98. The Hall–Kier alpha value is -1.88. The lowest BCUT2D eigenvalue weighted by molar-refractivity contribution is -0.143. The van der Waals surface area contributed by atoms with Crippen molar-refractivity contribution in [1.29, 1.82) is 0 Å². The van der Waals surface area contributed by atoms with Crippen LogP contribution in [0.1, 0.15) is 57.4 Å². The standard InChI is InChI=1S/C15H20N2O2.C5H13N/c18-12-16-17(11-13-7-3-1-4-8-13)15(19)14-9-5-2-6-10-14;1-3-4-5-6-2/h1,3-4,7-8,12,14H,2,5-6,9-11H2,(H,16,18);6H,3-5H2,1-2H3. The van der Waals surface area contributed by atoms with Crippen molar-refractivity contribution in [2.75, 3.05) is 13.6 Å². The molecular formula is C20H33N3O2. The van der Waals surface area contributed by atoms with Gasteiger partial charge in [0.15, 0.2) is 0 Å². The Morgan fingerprint density at radius 2 is 1.88 bits per heavy atom. The Balaban J connectivity index is 0.000000450. The fourth-order valence-corrected chi connectivity index (χ4v) is 2.94. The molecule has 2 rings (SSSR count). The lowest BCUT2D eigenvalue weighted by Gasteiger charge is -2.28. The van der Waals surface area contributed by atoms with Crippen molar-refractivity contribution in [1.82, 2.24) is 15.8 Å². The molecule has 0 atom stereocenters. The van der Waals surface area contributed by atoms with Gasteiger partial charge in [0, 0.05) is 5.92 Å². The van der Waals surface area contributed by atoms with Gasteiger partial charge in [-0.2, -0.15) is 0 Å². The van der Waals surface area contributed by atoms with Crippen molar-refractivity contribution < 1.29 is 9.59 Å². The molecule has 0 bridgehead atoms. The average Bonchev–Trinajstić information content (AvgIpc) is 2.67. The highest BCUT2D eigenvalue weighted by molar-refractivity contribution is 5.79. The van der Waals surface area contributed by atoms with Crippen LogP contribution in [0.5, 0.6) is 0 Å². The van der Waals surface area contributed by atoms with E-state index in [4.69, 9.17) is 0 Å². The molecule has 0 aliphatic heterocycles. The smallest absolute Gasteiger partial charge is 0.244 e. The first kappa shape index (κ1) is 21.2. The molecule has 5 heteroatoms. The van der Waals surface area contributed by atoms with E-state index >= 15 is 0 Å². The van der Waals surface area contributed by atoms with E-state index in [0.29, 0.717) is 13.0 Å². The molecule has 0 unspecified atom stereocenters. The summed E-state index contributed by atoms with van der Waals surface area (Å²) >= 11 is 0. The number of hydrogen-bond acceptors (Lipinski definition) is 3. The van der Waals surface area contributed by atoms with Gasteiger partial charge < -0.3 is 5.32 Å². The molecule has 1 aromatic rings. The number of benzene rings is 1. The van der Waals surface area contributed by atoms with E-state index in [2.05, 4.69) is 17.7 Å². The molecule has 2 N–H and O–H groups in total. The molecule has 1 fully saturated rings. The molecule has 0 saturated heterocycles. The zero-order chi connectivity index (χ0) is 18.3. The number of rotatable bonds is 8. The molecule has 5 nitrogen and oxygen atoms in total. The number of nitrogens with one attached hydrogen (secondary N) is 2. The molecule has 1 aromatic carbocycles. The number of nitrogens with zero attached hydrogens (tertiary/aromatic N) is 1. The van der Waals surface area contributed by atoms with Gasteiger partial charge in [-0.05, 0) is 38.4 Å². The Labute approximate surface area is 152 Å². The Morgan fingerprint density at radius 3 is 2.40 bits per heavy atom. The van der Waals surface area contributed by atoms with Crippen LogP contribution < -0.4 is 10.7 Å². The number of amides is 2. The molecule has 0 aromatic heterocycles. The van der Waals surface area contributed by atoms with E-state index in [1.54, 1.807) is 0 Å². The lowest BCUT2D eigenvalue weighted by Crippen LogP contribution is -2.45. The first-order valence-electron chi connectivity index (χ1n) is 9.42. The molecule has 2 amide bonds. The van der Waals surface area contributed by atoms with E-state index < -0.39 is 0 Å². The van der Waals surface area contributed by atoms with Gasteiger partial charge in [0.05, 0.1) is 6.54 Å². The number of hydrogen-bond donors (Lipinski definition) is 2. The Morgan fingerprint density at radius 1 is 1.20 bits per heavy atom. The summed E-state index contributed by atoms with van der Waals surface area (Å²) in [4.78, 5) is 23.1. The van der Waals surface area contributed by atoms with Crippen LogP contribution in [0.4, 0.5) is 0 Å².